The van der Waals surface area contributed by atoms with E-state index in [2.05, 4.69) is 10.6 Å². The number of carbonyl (C=O) groups excluding carboxylic acids is 4. The molecule has 4 aliphatic rings. The Morgan fingerprint density at radius 1 is 1.27 bits per heavy atom. The third kappa shape index (κ3) is 5.00. The summed E-state index contributed by atoms with van der Waals surface area (Å²) in [6.07, 6.45) is -3.17. The molecule has 2 saturated carbocycles. The van der Waals surface area contributed by atoms with E-state index in [4.69, 9.17) is 4.74 Å². The zero-order chi connectivity index (χ0) is 27.3. The van der Waals surface area contributed by atoms with E-state index in [1.54, 1.807) is 5.32 Å². The van der Waals surface area contributed by atoms with E-state index in [-0.39, 0.29) is 49.0 Å². The maximum atomic E-state index is 13.6. The van der Waals surface area contributed by atoms with E-state index in [1.807, 2.05) is 19.9 Å². The number of nitrogens with one attached hydrogen (secondary N) is 3. The van der Waals surface area contributed by atoms with Gasteiger partial charge >= 0.3 is 12.1 Å². The molecule has 0 unspecified atom stereocenters. The second-order valence-electron chi connectivity index (χ2n) is 11.1. The number of carbonyl (C=O) groups is 4. The van der Waals surface area contributed by atoms with Crippen molar-refractivity contribution in [3.63, 3.8) is 0 Å². The molecular formula is C24H32F3N5O5. The van der Waals surface area contributed by atoms with Gasteiger partial charge in [0.25, 0.3) is 0 Å². The first-order valence-electron chi connectivity index (χ1n) is 12.5. The molecular weight excluding hydrogens is 495 g/mol. The van der Waals surface area contributed by atoms with Crippen LogP contribution in [0.1, 0.15) is 46.0 Å². The highest BCUT2D eigenvalue weighted by atomic mass is 19.4. The predicted octanol–water partition coefficient (Wildman–Crippen LogP) is 0.620. The number of rotatable bonds is 8. The molecule has 2 heterocycles. The summed E-state index contributed by atoms with van der Waals surface area (Å²) in [5.41, 5.74) is -1.56. The van der Waals surface area contributed by atoms with Crippen LogP contribution in [0.3, 0.4) is 0 Å². The van der Waals surface area contributed by atoms with E-state index in [0.717, 1.165) is 6.42 Å². The van der Waals surface area contributed by atoms with Crippen molar-refractivity contribution >= 4 is 23.6 Å². The average molecular weight is 528 g/mol. The van der Waals surface area contributed by atoms with Crippen LogP contribution in [-0.4, -0.2) is 78.6 Å². The van der Waals surface area contributed by atoms with Crippen molar-refractivity contribution in [2.75, 3.05) is 20.2 Å². The van der Waals surface area contributed by atoms with Crippen LogP contribution in [0.2, 0.25) is 0 Å². The summed E-state index contributed by atoms with van der Waals surface area (Å²) >= 11 is 0. The number of hydrogen-bond acceptors (Lipinski definition) is 6. The molecule has 2 aliphatic heterocycles. The molecule has 0 aromatic carbocycles. The number of amides is 4. The molecule has 4 fully saturated rings. The van der Waals surface area contributed by atoms with Gasteiger partial charge in [-0.15, -0.1) is 0 Å². The molecule has 4 amide bonds. The first-order valence-corrected chi connectivity index (χ1v) is 12.5. The second kappa shape index (κ2) is 9.45. The van der Waals surface area contributed by atoms with Gasteiger partial charge in [-0.05, 0) is 49.4 Å². The number of fused-ring (bicyclic) bond motifs is 1. The zero-order valence-electron chi connectivity index (χ0n) is 21.0. The van der Waals surface area contributed by atoms with Crippen LogP contribution in [0.5, 0.6) is 0 Å². The fraction of sp³-hybridized carbons (Fsp3) is 0.792. The third-order valence-corrected chi connectivity index (χ3v) is 8.61. The highest BCUT2D eigenvalue weighted by Gasteiger charge is 2.70. The minimum Gasteiger partial charge on any atom is -0.376 e. The Morgan fingerprint density at radius 3 is 2.49 bits per heavy atom. The van der Waals surface area contributed by atoms with Crippen molar-refractivity contribution in [1.29, 1.82) is 5.26 Å². The van der Waals surface area contributed by atoms with E-state index in [1.165, 1.54) is 12.0 Å². The Balaban J connectivity index is 1.53. The topological polar surface area (TPSA) is 141 Å². The number of methoxy groups -OCH3 is 1. The highest BCUT2D eigenvalue weighted by Crippen LogP contribution is 2.65. The lowest BCUT2D eigenvalue weighted by molar-refractivity contribution is -0.177. The number of likely N-dealkylation sites (tertiary alicyclic amines) is 1. The molecule has 6 atom stereocenters. The van der Waals surface area contributed by atoms with Gasteiger partial charge < -0.3 is 25.6 Å². The highest BCUT2D eigenvalue weighted by molar-refractivity contribution is 5.95. The quantitative estimate of drug-likeness (QED) is 0.423. The molecule has 0 aromatic heterocycles. The maximum absolute atomic E-state index is 13.6. The number of alkyl halides is 3. The van der Waals surface area contributed by atoms with Crippen LogP contribution >= 0.6 is 0 Å². The first kappa shape index (κ1) is 27.2. The van der Waals surface area contributed by atoms with Gasteiger partial charge in [0, 0.05) is 26.1 Å². The van der Waals surface area contributed by atoms with Gasteiger partial charge in [0.2, 0.25) is 17.7 Å². The largest absolute Gasteiger partial charge is 0.471 e. The SMILES string of the molecule is COC1([C@H](NC(=O)C(F)(F)F)C(=O)N2C[C@H]3[C@@H]([C@H]2C(=O)N[C@H](C#N)C[C@@H]2CCCNC2=O)C3(C)C)CC1. The van der Waals surface area contributed by atoms with E-state index in [9.17, 15) is 37.6 Å². The molecule has 2 saturated heterocycles. The van der Waals surface area contributed by atoms with Crippen molar-refractivity contribution in [2.24, 2.45) is 23.2 Å². The Hall–Kier alpha value is -2.88. The molecule has 3 N–H and O–H groups in total. The fourth-order valence-corrected chi connectivity index (χ4v) is 6.09. The summed E-state index contributed by atoms with van der Waals surface area (Å²) in [7, 11) is 1.26. The number of ether oxygens (including phenoxy) is 1. The van der Waals surface area contributed by atoms with Crippen molar-refractivity contribution in [3.8, 4) is 6.07 Å². The monoisotopic (exact) mass is 527 g/mol. The lowest BCUT2D eigenvalue weighted by Gasteiger charge is -2.36. The van der Waals surface area contributed by atoms with Crippen LogP contribution in [0.25, 0.3) is 0 Å². The van der Waals surface area contributed by atoms with E-state index >= 15 is 0 Å². The molecule has 0 aromatic rings. The van der Waals surface area contributed by atoms with Crippen LogP contribution in [0.15, 0.2) is 0 Å². The summed E-state index contributed by atoms with van der Waals surface area (Å²) in [6, 6.07) is -1.61. The fourth-order valence-electron chi connectivity index (χ4n) is 6.09. The van der Waals surface area contributed by atoms with Crippen LogP contribution in [0.4, 0.5) is 13.2 Å². The van der Waals surface area contributed by atoms with Crippen molar-refractivity contribution < 1.29 is 37.1 Å². The summed E-state index contributed by atoms with van der Waals surface area (Å²) in [6.45, 7) is 4.58. The van der Waals surface area contributed by atoms with Gasteiger partial charge in [0.1, 0.15) is 18.1 Å². The average Bonchev–Trinajstić information content (AvgIpc) is 3.67. The molecule has 204 valence electrons. The second-order valence-corrected chi connectivity index (χ2v) is 11.1. The third-order valence-electron chi connectivity index (χ3n) is 8.61. The van der Waals surface area contributed by atoms with Crippen LogP contribution in [0, 0.1) is 34.5 Å². The Bertz CT molecular complexity index is 1020. The lowest BCUT2D eigenvalue weighted by atomic mass is 9.91. The number of halogens is 3. The van der Waals surface area contributed by atoms with Gasteiger partial charge in [0.05, 0.1) is 11.7 Å². The minimum atomic E-state index is -5.19. The summed E-state index contributed by atoms with van der Waals surface area (Å²) < 4.78 is 44.5. The lowest BCUT2D eigenvalue weighted by Crippen LogP contribution is -2.62. The standard InChI is InChI=1S/C24H32F3N5O5/c1-22(2)14-11-32(20(35)17(23(37-3)6-7-23)31-21(36)24(25,26)27)16(15(14)22)19(34)30-13(10-28)9-12-5-4-8-29-18(12)33/h12-17H,4-9,11H2,1-3H3,(H,29,33)(H,30,34)(H,31,36)/t12-,13-,14-,15-,16-,17+/m0/s1. The number of hydrogen-bond donors (Lipinski definition) is 3. The molecule has 4 rings (SSSR count). The van der Waals surface area contributed by atoms with Crippen molar-refractivity contribution in [1.82, 2.24) is 20.9 Å². The zero-order valence-corrected chi connectivity index (χ0v) is 21.0. The van der Waals surface area contributed by atoms with E-state index < -0.39 is 53.5 Å². The van der Waals surface area contributed by atoms with Crippen molar-refractivity contribution in [3.05, 3.63) is 0 Å². The van der Waals surface area contributed by atoms with Gasteiger partial charge in [-0.1, -0.05) is 13.8 Å². The summed E-state index contributed by atoms with van der Waals surface area (Å²) in [5.74, 6) is -4.60. The molecule has 0 spiro atoms. The summed E-state index contributed by atoms with van der Waals surface area (Å²) in [4.78, 5) is 52.2. The smallest absolute Gasteiger partial charge is 0.376 e. The molecule has 37 heavy (non-hydrogen) atoms. The summed E-state index contributed by atoms with van der Waals surface area (Å²) in [5, 5.41) is 16.8. The molecule has 10 nitrogen and oxygen atoms in total. The number of nitrogens with zero attached hydrogens (tertiary/aromatic N) is 2. The normalized spacial score (nSPS) is 30.7. The Labute approximate surface area is 212 Å². The minimum absolute atomic E-state index is 0.0616. The first-order chi connectivity index (χ1) is 17.3. The maximum Gasteiger partial charge on any atom is 0.471 e. The predicted molar refractivity (Wildman–Crippen MR) is 121 cm³/mol. The van der Waals surface area contributed by atoms with Crippen molar-refractivity contribution in [2.45, 2.75) is 75.9 Å². The number of nitriles is 1. The van der Waals surface area contributed by atoms with E-state index in [0.29, 0.717) is 13.0 Å². The molecule has 2 aliphatic carbocycles. The molecule has 0 bridgehead atoms. The molecule has 0 radical (unpaired) electrons. The van der Waals surface area contributed by atoms with Gasteiger partial charge in [-0.25, -0.2) is 0 Å². The van der Waals surface area contributed by atoms with Gasteiger partial charge in [-0.3, -0.25) is 19.2 Å². The van der Waals surface area contributed by atoms with Gasteiger partial charge in [0.15, 0.2) is 0 Å². The number of piperidine rings is 2. The van der Waals surface area contributed by atoms with Gasteiger partial charge in [-0.2, -0.15) is 18.4 Å². The van der Waals surface area contributed by atoms with Crippen LogP contribution < -0.4 is 16.0 Å². The van der Waals surface area contributed by atoms with Crippen LogP contribution in [-0.2, 0) is 23.9 Å². The molecule has 13 heteroatoms. The Morgan fingerprint density at radius 2 is 1.95 bits per heavy atom. The Kier molecular flexibility index (Phi) is 6.94.